The van der Waals surface area contributed by atoms with Gasteiger partial charge in [0.25, 0.3) is 0 Å². The SMILES string of the molecule is CCN(CC)C(CC)(CC)C(O)Cc1sccc1Br. The number of aliphatic hydroxyl groups is 1. The van der Waals surface area contributed by atoms with Crippen LogP contribution in [0.3, 0.4) is 0 Å². The van der Waals surface area contributed by atoms with Crippen LogP contribution in [0.25, 0.3) is 0 Å². The van der Waals surface area contributed by atoms with Crippen molar-refractivity contribution >= 4 is 27.3 Å². The molecule has 110 valence electrons. The Labute approximate surface area is 130 Å². The van der Waals surface area contributed by atoms with Crippen LogP contribution in [-0.4, -0.2) is 34.7 Å². The van der Waals surface area contributed by atoms with E-state index < -0.39 is 0 Å². The summed E-state index contributed by atoms with van der Waals surface area (Å²) >= 11 is 5.28. The van der Waals surface area contributed by atoms with Gasteiger partial charge in [0.15, 0.2) is 0 Å². The Hall–Kier alpha value is 0.100. The first-order chi connectivity index (χ1) is 9.05. The Morgan fingerprint density at radius 1 is 1.26 bits per heavy atom. The molecule has 1 N–H and O–H groups in total. The Morgan fingerprint density at radius 3 is 2.21 bits per heavy atom. The minimum atomic E-state index is -0.322. The highest BCUT2D eigenvalue weighted by Gasteiger charge is 2.39. The number of thiophene rings is 1. The van der Waals surface area contributed by atoms with E-state index in [1.807, 2.05) is 0 Å². The van der Waals surface area contributed by atoms with Crippen LogP contribution in [0.4, 0.5) is 0 Å². The van der Waals surface area contributed by atoms with Crippen molar-refractivity contribution in [2.75, 3.05) is 13.1 Å². The van der Waals surface area contributed by atoms with E-state index >= 15 is 0 Å². The first-order valence-corrected chi connectivity index (χ1v) is 8.87. The molecule has 0 fully saturated rings. The molecule has 1 aromatic rings. The number of nitrogens with zero attached hydrogens (tertiary/aromatic N) is 1. The van der Waals surface area contributed by atoms with E-state index in [-0.39, 0.29) is 11.6 Å². The molecular formula is C15H26BrNOS. The Morgan fingerprint density at radius 2 is 1.84 bits per heavy atom. The van der Waals surface area contributed by atoms with Gasteiger partial charge in [-0.2, -0.15) is 0 Å². The molecule has 0 amide bonds. The fourth-order valence-corrected chi connectivity index (χ4v) is 4.62. The van der Waals surface area contributed by atoms with Gasteiger partial charge in [-0.15, -0.1) is 11.3 Å². The molecule has 19 heavy (non-hydrogen) atoms. The predicted octanol–water partition coefficient (Wildman–Crippen LogP) is 4.31. The highest BCUT2D eigenvalue weighted by molar-refractivity contribution is 9.10. The van der Waals surface area contributed by atoms with E-state index in [0.717, 1.165) is 36.8 Å². The van der Waals surface area contributed by atoms with E-state index in [1.54, 1.807) is 11.3 Å². The summed E-state index contributed by atoms with van der Waals surface area (Å²) in [6, 6.07) is 2.06. The van der Waals surface area contributed by atoms with Crippen molar-refractivity contribution in [2.24, 2.45) is 0 Å². The summed E-state index contributed by atoms with van der Waals surface area (Å²) in [6.45, 7) is 10.7. The maximum atomic E-state index is 10.8. The second kappa shape index (κ2) is 7.77. The molecule has 0 aliphatic rings. The van der Waals surface area contributed by atoms with Crippen molar-refractivity contribution in [1.29, 1.82) is 0 Å². The highest BCUT2D eigenvalue weighted by Crippen LogP contribution is 2.33. The maximum absolute atomic E-state index is 10.8. The zero-order valence-corrected chi connectivity index (χ0v) is 14.9. The van der Waals surface area contributed by atoms with Crippen LogP contribution in [0.5, 0.6) is 0 Å². The summed E-state index contributed by atoms with van der Waals surface area (Å²) in [5.41, 5.74) is -0.104. The lowest BCUT2D eigenvalue weighted by molar-refractivity contribution is -0.0337. The van der Waals surface area contributed by atoms with E-state index in [9.17, 15) is 5.11 Å². The molecule has 0 aliphatic carbocycles. The first-order valence-electron chi connectivity index (χ1n) is 7.20. The molecule has 0 aromatic carbocycles. The third kappa shape index (κ3) is 3.60. The lowest BCUT2D eigenvalue weighted by Gasteiger charge is -2.45. The summed E-state index contributed by atoms with van der Waals surface area (Å²) < 4.78 is 1.12. The van der Waals surface area contributed by atoms with Crippen LogP contribution in [0, 0.1) is 0 Å². The van der Waals surface area contributed by atoms with E-state index in [0.29, 0.717) is 0 Å². The number of likely N-dealkylation sites (N-methyl/N-ethyl adjacent to an activating group) is 1. The second-order valence-electron chi connectivity index (χ2n) is 4.89. The number of rotatable bonds is 8. The zero-order valence-electron chi connectivity index (χ0n) is 12.4. The van der Waals surface area contributed by atoms with Crippen molar-refractivity contribution < 1.29 is 5.11 Å². The lowest BCUT2D eigenvalue weighted by atomic mass is 9.82. The van der Waals surface area contributed by atoms with Gasteiger partial charge in [0.05, 0.1) is 6.10 Å². The molecule has 0 radical (unpaired) electrons. The van der Waals surface area contributed by atoms with Crippen molar-refractivity contribution in [3.63, 3.8) is 0 Å². The quantitative estimate of drug-likeness (QED) is 0.757. The lowest BCUT2D eigenvalue weighted by Crippen LogP contribution is -2.56. The summed E-state index contributed by atoms with van der Waals surface area (Å²) in [7, 11) is 0. The number of hydrogen-bond donors (Lipinski definition) is 1. The Balaban J connectivity index is 2.95. The molecule has 1 atom stereocenters. The molecule has 0 saturated carbocycles. The van der Waals surface area contributed by atoms with Gasteiger partial charge in [0.2, 0.25) is 0 Å². The smallest absolute Gasteiger partial charge is 0.0772 e. The molecule has 1 heterocycles. The summed E-state index contributed by atoms with van der Waals surface area (Å²) in [6.07, 6.45) is 2.37. The normalized spacial score (nSPS) is 14.1. The maximum Gasteiger partial charge on any atom is 0.0772 e. The monoisotopic (exact) mass is 347 g/mol. The third-order valence-corrected chi connectivity index (χ3v) is 6.26. The first kappa shape index (κ1) is 17.2. The molecule has 1 unspecified atom stereocenters. The van der Waals surface area contributed by atoms with Crippen LogP contribution in [0.1, 0.15) is 45.4 Å². The number of aliphatic hydroxyl groups excluding tert-OH is 1. The molecule has 1 aromatic heterocycles. The fraction of sp³-hybridized carbons (Fsp3) is 0.733. The van der Waals surface area contributed by atoms with Gasteiger partial charge in [0.1, 0.15) is 0 Å². The summed E-state index contributed by atoms with van der Waals surface area (Å²) in [5.74, 6) is 0. The summed E-state index contributed by atoms with van der Waals surface area (Å²) in [4.78, 5) is 3.66. The molecular weight excluding hydrogens is 322 g/mol. The van der Waals surface area contributed by atoms with E-state index in [1.165, 1.54) is 4.88 Å². The van der Waals surface area contributed by atoms with Crippen molar-refractivity contribution in [3.05, 3.63) is 20.8 Å². The van der Waals surface area contributed by atoms with Gasteiger partial charge < -0.3 is 5.11 Å². The fourth-order valence-electron chi connectivity index (χ4n) is 3.07. The molecule has 0 spiro atoms. The number of hydrogen-bond acceptors (Lipinski definition) is 3. The molecule has 1 rings (SSSR count). The largest absolute Gasteiger partial charge is 0.391 e. The van der Waals surface area contributed by atoms with Gasteiger partial charge in [-0.25, -0.2) is 0 Å². The second-order valence-corrected chi connectivity index (χ2v) is 6.75. The average Bonchev–Trinajstić information content (AvgIpc) is 2.81. The topological polar surface area (TPSA) is 23.5 Å². The van der Waals surface area contributed by atoms with Gasteiger partial charge in [-0.05, 0) is 53.3 Å². The highest BCUT2D eigenvalue weighted by atomic mass is 79.9. The van der Waals surface area contributed by atoms with Gasteiger partial charge in [0, 0.05) is 21.3 Å². The van der Waals surface area contributed by atoms with Crippen LogP contribution in [0.15, 0.2) is 15.9 Å². The van der Waals surface area contributed by atoms with Gasteiger partial charge in [-0.1, -0.05) is 27.7 Å². The van der Waals surface area contributed by atoms with E-state index in [2.05, 4.69) is 60.0 Å². The van der Waals surface area contributed by atoms with Gasteiger partial charge >= 0.3 is 0 Å². The summed E-state index contributed by atoms with van der Waals surface area (Å²) in [5, 5.41) is 12.9. The van der Waals surface area contributed by atoms with Crippen molar-refractivity contribution in [1.82, 2.24) is 4.90 Å². The standard InChI is InChI=1S/C15H26BrNOS/c1-5-15(6-2,17(7-3)8-4)14(18)11-13-12(16)9-10-19-13/h9-10,14,18H,5-8,11H2,1-4H3. The van der Waals surface area contributed by atoms with Gasteiger partial charge in [-0.3, -0.25) is 4.90 Å². The zero-order chi connectivity index (χ0) is 14.5. The Kier molecular flexibility index (Phi) is 7.01. The average molecular weight is 348 g/mol. The van der Waals surface area contributed by atoms with Crippen LogP contribution >= 0.6 is 27.3 Å². The third-order valence-electron chi connectivity index (χ3n) is 4.31. The molecule has 2 nitrogen and oxygen atoms in total. The molecule has 4 heteroatoms. The molecule has 0 bridgehead atoms. The van der Waals surface area contributed by atoms with Crippen LogP contribution in [-0.2, 0) is 6.42 Å². The molecule has 0 aliphatic heterocycles. The minimum absolute atomic E-state index is 0.104. The van der Waals surface area contributed by atoms with Crippen molar-refractivity contribution in [3.8, 4) is 0 Å². The predicted molar refractivity (Wildman–Crippen MR) is 88.0 cm³/mol. The number of halogens is 1. The minimum Gasteiger partial charge on any atom is -0.391 e. The Bertz CT molecular complexity index is 372. The van der Waals surface area contributed by atoms with Crippen molar-refractivity contribution in [2.45, 2.75) is 58.6 Å². The molecule has 0 saturated heterocycles. The van der Waals surface area contributed by atoms with Crippen LogP contribution < -0.4 is 0 Å². The van der Waals surface area contributed by atoms with E-state index in [4.69, 9.17) is 0 Å². The van der Waals surface area contributed by atoms with Crippen LogP contribution in [0.2, 0.25) is 0 Å².